The van der Waals surface area contributed by atoms with E-state index in [1.165, 1.54) is 38.2 Å². The molecule has 0 aromatic heterocycles. The summed E-state index contributed by atoms with van der Waals surface area (Å²) in [5.74, 6) is 0.999. The third kappa shape index (κ3) is 2.82. The Morgan fingerprint density at radius 3 is 2.86 bits per heavy atom. The van der Waals surface area contributed by atoms with Crippen LogP contribution in [-0.4, -0.2) is 18.9 Å². The standard InChI is InChI=1S/C16H17FN2O2/c1-21-14-7-6-12(17)8-11(14)9-13-16(20)19-15(18-13)10-4-2-3-5-10/h6-10H,2-5H2,1H3,(H,18,19,20)/b13-9+. The normalized spacial score (nSPS) is 20.8. The largest absolute Gasteiger partial charge is 0.496 e. The third-order valence-corrected chi connectivity index (χ3v) is 3.94. The minimum atomic E-state index is -0.374. The molecule has 0 saturated heterocycles. The highest BCUT2D eigenvalue weighted by Crippen LogP contribution is 2.29. The number of hydrogen-bond donors (Lipinski definition) is 1. The number of aliphatic imine (C=N–C) groups is 1. The number of nitrogens with one attached hydrogen (secondary N) is 1. The molecule has 3 rings (SSSR count). The van der Waals surface area contributed by atoms with E-state index in [-0.39, 0.29) is 11.7 Å². The van der Waals surface area contributed by atoms with E-state index in [9.17, 15) is 9.18 Å². The van der Waals surface area contributed by atoms with Crippen molar-refractivity contribution in [1.82, 2.24) is 5.32 Å². The maximum Gasteiger partial charge on any atom is 0.275 e. The van der Waals surface area contributed by atoms with Gasteiger partial charge in [0.05, 0.1) is 7.11 Å². The molecule has 1 N–H and O–H groups in total. The third-order valence-electron chi connectivity index (χ3n) is 3.94. The Kier molecular flexibility index (Phi) is 3.73. The average molecular weight is 288 g/mol. The Bertz CT molecular complexity index is 631. The summed E-state index contributed by atoms with van der Waals surface area (Å²) in [6, 6.07) is 4.20. The first kappa shape index (κ1) is 13.8. The van der Waals surface area contributed by atoms with Crippen molar-refractivity contribution >= 4 is 17.8 Å². The molecule has 1 aliphatic carbocycles. The van der Waals surface area contributed by atoms with Gasteiger partial charge >= 0.3 is 0 Å². The zero-order valence-corrected chi connectivity index (χ0v) is 11.9. The molecule has 1 aromatic carbocycles. The zero-order chi connectivity index (χ0) is 14.8. The quantitative estimate of drug-likeness (QED) is 0.869. The Hall–Kier alpha value is -2.17. The maximum atomic E-state index is 13.4. The van der Waals surface area contributed by atoms with Gasteiger partial charge in [-0.15, -0.1) is 0 Å². The van der Waals surface area contributed by atoms with Crippen LogP contribution in [0.15, 0.2) is 28.9 Å². The van der Waals surface area contributed by atoms with Crippen LogP contribution >= 0.6 is 0 Å². The van der Waals surface area contributed by atoms with Crippen molar-refractivity contribution in [2.75, 3.05) is 7.11 Å². The summed E-state index contributed by atoms with van der Waals surface area (Å²) in [6.07, 6.45) is 6.05. The van der Waals surface area contributed by atoms with E-state index in [2.05, 4.69) is 10.3 Å². The number of carbonyl (C=O) groups is 1. The second kappa shape index (κ2) is 5.68. The van der Waals surface area contributed by atoms with E-state index in [1.54, 1.807) is 6.08 Å². The molecule has 2 aliphatic rings. The minimum Gasteiger partial charge on any atom is -0.496 e. The molecule has 21 heavy (non-hydrogen) atoms. The van der Waals surface area contributed by atoms with Crippen LogP contribution in [0.25, 0.3) is 6.08 Å². The second-order valence-electron chi connectivity index (χ2n) is 5.35. The Labute approximate surface area is 122 Å². The molecular formula is C16H17FN2O2. The molecule has 1 amide bonds. The highest BCUT2D eigenvalue weighted by Gasteiger charge is 2.28. The average Bonchev–Trinajstić information content (AvgIpc) is 3.10. The molecule has 0 radical (unpaired) electrons. The fourth-order valence-electron chi connectivity index (χ4n) is 2.84. The number of ether oxygens (including phenoxy) is 1. The van der Waals surface area contributed by atoms with Crippen molar-refractivity contribution in [3.63, 3.8) is 0 Å². The first-order chi connectivity index (χ1) is 10.2. The number of amides is 1. The lowest BCUT2D eigenvalue weighted by Crippen LogP contribution is -2.29. The monoisotopic (exact) mass is 288 g/mol. The van der Waals surface area contributed by atoms with Gasteiger partial charge in [0.2, 0.25) is 0 Å². The van der Waals surface area contributed by atoms with E-state index >= 15 is 0 Å². The summed E-state index contributed by atoms with van der Waals surface area (Å²) in [7, 11) is 1.51. The molecule has 1 aliphatic heterocycles. The number of hydrogen-bond acceptors (Lipinski definition) is 3. The van der Waals surface area contributed by atoms with Gasteiger partial charge in [-0.2, -0.15) is 0 Å². The molecule has 1 saturated carbocycles. The molecule has 4 nitrogen and oxygen atoms in total. The number of rotatable bonds is 3. The van der Waals surface area contributed by atoms with Gasteiger partial charge in [0, 0.05) is 11.5 Å². The van der Waals surface area contributed by atoms with Crippen LogP contribution in [0.2, 0.25) is 0 Å². The van der Waals surface area contributed by atoms with Gasteiger partial charge in [0.1, 0.15) is 23.1 Å². The summed E-state index contributed by atoms with van der Waals surface area (Å²) in [6.45, 7) is 0. The van der Waals surface area contributed by atoms with Gasteiger partial charge in [0.15, 0.2) is 0 Å². The predicted octanol–water partition coefficient (Wildman–Crippen LogP) is 2.89. The molecule has 0 spiro atoms. The van der Waals surface area contributed by atoms with E-state index in [0.717, 1.165) is 18.7 Å². The summed E-state index contributed by atoms with van der Waals surface area (Å²) >= 11 is 0. The smallest absolute Gasteiger partial charge is 0.275 e. The van der Waals surface area contributed by atoms with Crippen LogP contribution in [0.3, 0.4) is 0 Å². The zero-order valence-electron chi connectivity index (χ0n) is 11.9. The van der Waals surface area contributed by atoms with Crippen LogP contribution in [0, 0.1) is 11.7 Å². The first-order valence-electron chi connectivity index (χ1n) is 7.12. The van der Waals surface area contributed by atoms with E-state index in [4.69, 9.17) is 4.74 Å². The first-order valence-corrected chi connectivity index (χ1v) is 7.12. The topological polar surface area (TPSA) is 50.7 Å². The summed E-state index contributed by atoms with van der Waals surface area (Å²) in [5.41, 5.74) is 0.819. The van der Waals surface area contributed by atoms with Crippen LogP contribution in [0.5, 0.6) is 5.75 Å². The van der Waals surface area contributed by atoms with Crippen molar-refractivity contribution in [1.29, 1.82) is 0 Å². The van der Waals surface area contributed by atoms with Crippen LogP contribution in [0.4, 0.5) is 4.39 Å². The molecule has 0 unspecified atom stereocenters. The lowest BCUT2D eigenvalue weighted by atomic mass is 10.1. The lowest BCUT2D eigenvalue weighted by Gasteiger charge is -2.06. The van der Waals surface area contributed by atoms with Crippen LogP contribution in [0.1, 0.15) is 31.2 Å². The molecule has 0 atom stereocenters. The number of nitrogens with zero attached hydrogens (tertiary/aromatic N) is 1. The Morgan fingerprint density at radius 2 is 2.14 bits per heavy atom. The SMILES string of the molecule is COc1ccc(F)cc1/C=C1/N=C(C2CCCC2)NC1=O. The van der Waals surface area contributed by atoms with Gasteiger partial charge in [-0.3, -0.25) is 4.79 Å². The van der Waals surface area contributed by atoms with Crippen molar-refractivity contribution in [3.05, 3.63) is 35.3 Å². The van der Waals surface area contributed by atoms with Crippen molar-refractivity contribution in [2.45, 2.75) is 25.7 Å². The van der Waals surface area contributed by atoms with Gasteiger partial charge in [-0.1, -0.05) is 12.8 Å². The highest BCUT2D eigenvalue weighted by atomic mass is 19.1. The van der Waals surface area contributed by atoms with Crippen LogP contribution in [-0.2, 0) is 4.79 Å². The molecule has 1 heterocycles. The van der Waals surface area contributed by atoms with Crippen LogP contribution < -0.4 is 10.1 Å². The van der Waals surface area contributed by atoms with Crippen molar-refractivity contribution in [2.24, 2.45) is 10.9 Å². The van der Waals surface area contributed by atoms with E-state index in [0.29, 0.717) is 22.9 Å². The lowest BCUT2D eigenvalue weighted by molar-refractivity contribution is -0.115. The highest BCUT2D eigenvalue weighted by molar-refractivity contribution is 6.15. The second-order valence-corrected chi connectivity index (χ2v) is 5.35. The fourth-order valence-corrected chi connectivity index (χ4v) is 2.84. The van der Waals surface area contributed by atoms with Crippen molar-refractivity contribution < 1.29 is 13.9 Å². The molecular weight excluding hydrogens is 271 g/mol. The molecule has 5 heteroatoms. The number of methoxy groups -OCH3 is 1. The minimum absolute atomic E-state index is 0.233. The molecule has 110 valence electrons. The van der Waals surface area contributed by atoms with Gasteiger partial charge in [0.25, 0.3) is 5.91 Å². The number of halogens is 1. The van der Waals surface area contributed by atoms with Gasteiger partial charge in [-0.25, -0.2) is 9.38 Å². The van der Waals surface area contributed by atoms with Crippen molar-refractivity contribution in [3.8, 4) is 5.75 Å². The summed E-state index contributed by atoms with van der Waals surface area (Å²) < 4.78 is 18.5. The number of benzene rings is 1. The molecule has 0 bridgehead atoms. The van der Waals surface area contributed by atoms with E-state index < -0.39 is 0 Å². The Morgan fingerprint density at radius 1 is 1.38 bits per heavy atom. The molecule has 1 aromatic rings. The van der Waals surface area contributed by atoms with Gasteiger partial charge in [-0.05, 0) is 37.1 Å². The van der Waals surface area contributed by atoms with Gasteiger partial charge < -0.3 is 10.1 Å². The summed E-state index contributed by atoms with van der Waals surface area (Å²) in [4.78, 5) is 16.4. The molecule has 1 fully saturated rings. The maximum absolute atomic E-state index is 13.4. The number of amidine groups is 1. The Balaban J connectivity index is 1.92. The number of carbonyl (C=O) groups excluding carboxylic acids is 1. The fraction of sp³-hybridized carbons (Fsp3) is 0.375. The predicted molar refractivity (Wildman–Crippen MR) is 78.5 cm³/mol. The van der Waals surface area contributed by atoms with E-state index in [1.807, 2.05) is 0 Å². The summed E-state index contributed by atoms with van der Waals surface area (Å²) in [5, 5.41) is 2.83.